The first-order valence-corrected chi connectivity index (χ1v) is 10.7. The number of thioether (sulfide) groups is 1. The van der Waals surface area contributed by atoms with Gasteiger partial charge in [0, 0.05) is 24.0 Å². The quantitative estimate of drug-likeness (QED) is 0.801. The largest absolute Gasteiger partial charge is 0.349 e. The van der Waals surface area contributed by atoms with E-state index in [2.05, 4.69) is 17.2 Å². The zero-order chi connectivity index (χ0) is 18.8. The summed E-state index contributed by atoms with van der Waals surface area (Å²) in [5, 5.41) is 4.65. The van der Waals surface area contributed by atoms with E-state index in [-0.39, 0.29) is 11.8 Å². The van der Waals surface area contributed by atoms with Crippen molar-refractivity contribution in [3.8, 4) is 0 Å². The predicted octanol–water partition coefficient (Wildman–Crippen LogP) is 3.62. The van der Waals surface area contributed by atoms with Crippen LogP contribution in [0.4, 0.5) is 0 Å². The lowest BCUT2D eigenvalue weighted by atomic mass is 10.0. The number of hydrogen-bond acceptors (Lipinski definition) is 4. The summed E-state index contributed by atoms with van der Waals surface area (Å²) in [5.41, 5.74) is 1.44. The molecule has 1 aliphatic heterocycles. The second kappa shape index (κ2) is 7.89. The minimum Gasteiger partial charge on any atom is -0.349 e. The van der Waals surface area contributed by atoms with Crippen LogP contribution in [-0.2, 0) is 4.79 Å². The number of nitrogens with one attached hydrogen (secondary N) is 1. The smallest absolute Gasteiger partial charge is 0.252 e. The molecule has 1 saturated carbocycles. The first kappa shape index (κ1) is 18.3. The average molecular weight is 384 g/mol. The second-order valence-corrected chi connectivity index (χ2v) is 8.49. The van der Waals surface area contributed by atoms with E-state index in [9.17, 15) is 9.59 Å². The molecular weight excluding hydrogens is 358 g/mol. The topological polar surface area (TPSA) is 62.3 Å². The fourth-order valence-electron chi connectivity index (χ4n) is 3.59. The summed E-state index contributed by atoms with van der Waals surface area (Å²) in [6.07, 6.45) is 5.47. The highest BCUT2D eigenvalue weighted by atomic mass is 32.2. The van der Waals surface area contributed by atoms with Gasteiger partial charge in [-0.15, -0.1) is 0 Å². The Morgan fingerprint density at radius 2 is 2.04 bits per heavy atom. The van der Waals surface area contributed by atoms with Gasteiger partial charge in [0.25, 0.3) is 5.91 Å². The number of hydrogen-bond donors (Lipinski definition) is 1. The molecule has 2 amide bonds. The first-order valence-electron chi connectivity index (χ1n) is 9.75. The Labute approximate surface area is 163 Å². The van der Waals surface area contributed by atoms with Gasteiger partial charge in [0.1, 0.15) is 0 Å². The van der Waals surface area contributed by atoms with Crippen molar-refractivity contribution in [2.45, 2.75) is 56.1 Å². The van der Waals surface area contributed by atoms with Crippen molar-refractivity contribution in [2.24, 2.45) is 0 Å². The van der Waals surface area contributed by atoms with Crippen LogP contribution in [0.15, 0.2) is 35.4 Å². The molecule has 1 aromatic carbocycles. The van der Waals surface area contributed by atoms with E-state index in [0.29, 0.717) is 23.4 Å². The summed E-state index contributed by atoms with van der Waals surface area (Å²) in [4.78, 5) is 31.9. The van der Waals surface area contributed by atoms with Gasteiger partial charge in [-0.3, -0.25) is 9.59 Å². The molecule has 1 aromatic heterocycles. The first-order chi connectivity index (χ1) is 13.1. The van der Waals surface area contributed by atoms with Crippen LogP contribution in [0.25, 0.3) is 10.9 Å². The lowest BCUT2D eigenvalue weighted by Gasteiger charge is -2.33. The van der Waals surface area contributed by atoms with Gasteiger partial charge >= 0.3 is 0 Å². The lowest BCUT2D eigenvalue weighted by molar-refractivity contribution is -0.131. The summed E-state index contributed by atoms with van der Waals surface area (Å²) in [6, 6.07) is 10.1. The number of nitrogens with zero attached hydrogens (tertiary/aromatic N) is 2. The number of carbonyl (C=O) groups is 2. The highest BCUT2D eigenvalue weighted by Gasteiger charge is 2.26. The Morgan fingerprint density at radius 1 is 1.22 bits per heavy atom. The van der Waals surface area contributed by atoms with Crippen LogP contribution in [0, 0.1) is 0 Å². The van der Waals surface area contributed by atoms with Gasteiger partial charge in [-0.25, -0.2) is 4.98 Å². The van der Waals surface area contributed by atoms with Crippen molar-refractivity contribution in [2.75, 3.05) is 12.3 Å². The fraction of sp³-hybridized carbons (Fsp3) is 0.476. The van der Waals surface area contributed by atoms with E-state index in [0.717, 1.165) is 48.2 Å². The van der Waals surface area contributed by atoms with Crippen molar-refractivity contribution in [3.05, 3.63) is 35.9 Å². The zero-order valence-corrected chi connectivity index (χ0v) is 16.4. The SMILES string of the molecule is CC1CCCCN1C(=O)CSc1cc(C(=O)NC2CC2)c2ccccc2n1. The van der Waals surface area contributed by atoms with Crippen LogP contribution in [0.2, 0.25) is 0 Å². The van der Waals surface area contributed by atoms with Gasteiger partial charge < -0.3 is 10.2 Å². The number of piperidine rings is 1. The lowest BCUT2D eigenvalue weighted by Crippen LogP contribution is -2.42. The van der Waals surface area contributed by atoms with Crippen molar-refractivity contribution in [1.82, 2.24) is 15.2 Å². The summed E-state index contributed by atoms with van der Waals surface area (Å²) in [6.45, 7) is 2.97. The molecule has 6 heteroatoms. The maximum atomic E-state index is 12.7. The molecule has 0 spiro atoms. The molecule has 4 rings (SSSR count). The van der Waals surface area contributed by atoms with E-state index >= 15 is 0 Å². The number of likely N-dealkylation sites (tertiary alicyclic amines) is 1. The van der Waals surface area contributed by atoms with Crippen LogP contribution in [0.3, 0.4) is 0 Å². The molecule has 27 heavy (non-hydrogen) atoms. The molecule has 2 fully saturated rings. The Bertz CT molecular complexity index is 866. The Balaban J connectivity index is 1.52. The van der Waals surface area contributed by atoms with E-state index in [1.165, 1.54) is 18.2 Å². The van der Waals surface area contributed by atoms with Gasteiger partial charge in [0.15, 0.2) is 0 Å². The van der Waals surface area contributed by atoms with Gasteiger partial charge in [-0.1, -0.05) is 30.0 Å². The third kappa shape index (κ3) is 4.26. The van der Waals surface area contributed by atoms with Crippen LogP contribution < -0.4 is 5.32 Å². The number of pyridine rings is 1. The van der Waals surface area contributed by atoms with E-state index in [1.54, 1.807) is 0 Å². The summed E-state index contributed by atoms with van der Waals surface area (Å²) in [7, 11) is 0. The zero-order valence-electron chi connectivity index (χ0n) is 15.6. The molecule has 2 aromatic rings. The van der Waals surface area contributed by atoms with Crippen molar-refractivity contribution >= 4 is 34.5 Å². The summed E-state index contributed by atoms with van der Waals surface area (Å²) >= 11 is 1.42. The summed E-state index contributed by atoms with van der Waals surface area (Å²) in [5.74, 6) is 0.472. The standard InChI is InChI=1S/C21H25N3O2S/c1-14-6-4-5-11-24(14)20(25)13-27-19-12-17(21(26)22-15-9-10-15)16-7-2-3-8-18(16)23-19/h2-3,7-8,12,14-15H,4-6,9-11,13H2,1H3,(H,22,26). The molecule has 1 unspecified atom stereocenters. The van der Waals surface area contributed by atoms with Gasteiger partial charge in [0.05, 0.1) is 21.9 Å². The van der Waals surface area contributed by atoms with Crippen molar-refractivity contribution in [1.29, 1.82) is 0 Å². The highest BCUT2D eigenvalue weighted by Crippen LogP contribution is 2.27. The Hall–Kier alpha value is -2.08. The minimum atomic E-state index is -0.0473. The molecule has 0 radical (unpaired) electrons. The number of para-hydroxylation sites is 1. The minimum absolute atomic E-state index is 0.0473. The number of amides is 2. The fourth-order valence-corrected chi connectivity index (χ4v) is 4.39. The molecule has 142 valence electrons. The second-order valence-electron chi connectivity index (χ2n) is 7.49. The summed E-state index contributed by atoms with van der Waals surface area (Å²) < 4.78 is 0. The van der Waals surface area contributed by atoms with E-state index in [4.69, 9.17) is 0 Å². The van der Waals surface area contributed by atoms with Crippen LogP contribution >= 0.6 is 11.8 Å². The van der Waals surface area contributed by atoms with Crippen LogP contribution in [-0.4, -0.2) is 46.1 Å². The maximum Gasteiger partial charge on any atom is 0.252 e. The molecule has 1 saturated heterocycles. The molecule has 1 aliphatic carbocycles. The van der Waals surface area contributed by atoms with Crippen molar-refractivity contribution < 1.29 is 9.59 Å². The third-order valence-electron chi connectivity index (χ3n) is 5.32. The number of benzene rings is 1. The number of carbonyl (C=O) groups excluding carboxylic acids is 2. The molecule has 0 bridgehead atoms. The van der Waals surface area contributed by atoms with Crippen LogP contribution in [0.1, 0.15) is 49.4 Å². The average Bonchev–Trinajstić information content (AvgIpc) is 3.49. The predicted molar refractivity (Wildman–Crippen MR) is 108 cm³/mol. The molecule has 2 aliphatic rings. The third-order valence-corrected chi connectivity index (χ3v) is 6.21. The molecule has 1 N–H and O–H groups in total. The van der Waals surface area contributed by atoms with Gasteiger partial charge in [0.2, 0.25) is 5.91 Å². The normalized spacial score (nSPS) is 19.9. The van der Waals surface area contributed by atoms with E-state index < -0.39 is 0 Å². The number of aromatic nitrogens is 1. The van der Waals surface area contributed by atoms with E-state index in [1.807, 2.05) is 35.2 Å². The van der Waals surface area contributed by atoms with Crippen LogP contribution in [0.5, 0.6) is 0 Å². The van der Waals surface area contributed by atoms with Gasteiger partial charge in [-0.2, -0.15) is 0 Å². The number of rotatable bonds is 5. The van der Waals surface area contributed by atoms with Crippen molar-refractivity contribution in [3.63, 3.8) is 0 Å². The molecular formula is C21H25N3O2S. The number of fused-ring (bicyclic) bond motifs is 1. The van der Waals surface area contributed by atoms with Gasteiger partial charge in [-0.05, 0) is 51.2 Å². The monoisotopic (exact) mass is 383 g/mol. The molecule has 2 heterocycles. The molecule has 1 atom stereocenters. The maximum absolute atomic E-state index is 12.7. The highest BCUT2D eigenvalue weighted by molar-refractivity contribution is 7.99. The Kier molecular flexibility index (Phi) is 5.34. The Morgan fingerprint density at radius 3 is 2.81 bits per heavy atom. The molecule has 5 nitrogen and oxygen atoms in total.